The van der Waals surface area contributed by atoms with Crippen LogP contribution in [-0.2, 0) is 16.6 Å². The Morgan fingerprint density at radius 3 is 2.63 bits per heavy atom. The summed E-state index contributed by atoms with van der Waals surface area (Å²) < 4.78 is 0. The van der Waals surface area contributed by atoms with Crippen LogP contribution in [0.4, 0.5) is 5.82 Å². The molecule has 0 radical (unpaired) electrons. The third-order valence-corrected chi connectivity index (χ3v) is 7.33. The monoisotopic (exact) mass is 425 g/mol. The molecule has 30 heavy (non-hydrogen) atoms. The summed E-state index contributed by atoms with van der Waals surface area (Å²) in [6.07, 6.45) is 4.71. The number of fused-ring (bicyclic) bond motifs is 1. The van der Waals surface area contributed by atoms with Gasteiger partial charge in [-0.15, -0.1) is 0 Å². The molecule has 2 aromatic rings. The van der Waals surface area contributed by atoms with Crippen molar-refractivity contribution in [1.29, 1.82) is 0 Å². The predicted octanol–water partition coefficient (Wildman–Crippen LogP) is 2.76. The fourth-order valence-corrected chi connectivity index (χ4v) is 5.44. The number of hydrogen-bond acceptors (Lipinski definition) is 5. The van der Waals surface area contributed by atoms with Crippen LogP contribution in [-0.4, -0.2) is 60.0 Å². The van der Waals surface area contributed by atoms with Crippen molar-refractivity contribution >= 4 is 23.3 Å². The van der Waals surface area contributed by atoms with Crippen LogP contribution in [0.2, 0.25) is 5.02 Å². The Bertz CT molecular complexity index is 933. The molecule has 2 unspecified atom stereocenters. The van der Waals surface area contributed by atoms with E-state index in [0.717, 1.165) is 63.4 Å². The first-order valence-electron chi connectivity index (χ1n) is 10.9. The SMILES string of the molecule is CC1CCc2ncnc(N3CCN(C(=O)C4(c5ccc(Cl)cc5)CCNC4)CC3)c21. The van der Waals surface area contributed by atoms with Crippen LogP contribution in [0.25, 0.3) is 0 Å². The molecule has 158 valence electrons. The fraction of sp³-hybridized carbons (Fsp3) is 0.522. The zero-order chi connectivity index (χ0) is 20.7. The number of amides is 1. The lowest BCUT2D eigenvalue weighted by molar-refractivity contribution is -0.137. The molecule has 1 aromatic carbocycles. The summed E-state index contributed by atoms with van der Waals surface area (Å²) in [5.41, 5.74) is 3.09. The summed E-state index contributed by atoms with van der Waals surface area (Å²) in [6.45, 7) is 6.88. The quantitative estimate of drug-likeness (QED) is 0.819. The summed E-state index contributed by atoms with van der Waals surface area (Å²) in [4.78, 5) is 27.2. The Kier molecular flexibility index (Phi) is 5.15. The van der Waals surface area contributed by atoms with Gasteiger partial charge in [0.2, 0.25) is 5.91 Å². The summed E-state index contributed by atoms with van der Waals surface area (Å²) in [5.74, 6) is 1.82. The van der Waals surface area contributed by atoms with Crippen LogP contribution in [0.15, 0.2) is 30.6 Å². The van der Waals surface area contributed by atoms with Gasteiger partial charge < -0.3 is 15.1 Å². The lowest BCUT2D eigenvalue weighted by Gasteiger charge is -2.40. The first-order chi connectivity index (χ1) is 14.6. The van der Waals surface area contributed by atoms with Gasteiger partial charge in [-0.25, -0.2) is 9.97 Å². The molecule has 7 heteroatoms. The number of piperazine rings is 1. The Balaban J connectivity index is 1.34. The predicted molar refractivity (Wildman–Crippen MR) is 118 cm³/mol. The zero-order valence-electron chi connectivity index (χ0n) is 17.4. The average molecular weight is 426 g/mol. The average Bonchev–Trinajstić information content (AvgIpc) is 3.42. The molecular formula is C23H28ClN5O. The van der Waals surface area contributed by atoms with E-state index in [1.54, 1.807) is 6.33 Å². The van der Waals surface area contributed by atoms with Crippen LogP contribution < -0.4 is 10.2 Å². The maximum atomic E-state index is 13.7. The van der Waals surface area contributed by atoms with Crippen molar-refractivity contribution in [2.75, 3.05) is 44.2 Å². The molecule has 3 heterocycles. The highest BCUT2D eigenvalue weighted by atomic mass is 35.5. The number of rotatable bonds is 3. The number of anilines is 1. The van der Waals surface area contributed by atoms with Gasteiger partial charge in [0, 0.05) is 49.0 Å². The van der Waals surface area contributed by atoms with Crippen LogP contribution in [0.5, 0.6) is 0 Å². The number of aryl methyl sites for hydroxylation is 1. The van der Waals surface area contributed by atoms with Crippen molar-refractivity contribution in [1.82, 2.24) is 20.2 Å². The molecule has 1 aromatic heterocycles. The van der Waals surface area contributed by atoms with E-state index in [4.69, 9.17) is 11.6 Å². The van der Waals surface area contributed by atoms with Gasteiger partial charge in [-0.3, -0.25) is 4.79 Å². The van der Waals surface area contributed by atoms with Gasteiger partial charge in [-0.2, -0.15) is 0 Å². The van der Waals surface area contributed by atoms with Gasteiger partial charge in [-0.1, -0.05) is 30.7 Å². The van der Waals surface area contributed by atoms with Gasteiger partial charge in [0.1, 0.15) is 12.1 Å². The van der Waals surface area contributed by atoms with Crippen molar-refractivity contribution in [3.05, 3.63) is 52.4 Å². The molecule has 0 spiro atoms. The first-order valence-corrected chi connectivity index (χ1v) is 11.3. The van der Waals surface area contributed by atoms with E-state index in [2.05, 4.69) is 27.1 Å². The number of carbonyl (C=O) groups excluding carboxylic acids is 1. The molecule has 2 atom stereocenters. The number of hydrogen-bond donors (Lipinski definition) is 1. The van der Waals surface area contributed by atoms with Gasteiger partial charge in [0.05, 0.1) is 5.41 Å². The fourth-order valence-electron chi connectivity index (χ4n) is 5.31. The first kappa shape index (κ1) is 19.8. The largest absolute Gasteiger partial charge is 0.353 e. The second-order valence-corrected chi connectivity index (χ2v) is 9.23. The number of carbonyl (C=O) groups is 1. The lowest BCUT2D eigenvalue weighted by Crippen LogP contribution is -2.55. The summed E-state index contributed by atoms with van der Waals surface area (Å²) in [6, 6.07) is 7.79. The van der Waals surface area contributed by atoms with Crippen molar-refractivity contribution in [3.63, 3.8) is 0 Å². The molecule has 3 aliphatic rings. The normalized spacial score (nSPS) is 26.1. The minimum atomic E-state index is -0.489. The van der Waals surface area contributed by atoms with Crippen LogP contribution in [0.3, 0.4) is 0 Å². The molecule has 0 bridgehead atoms. The Labute approximate surface area is 182 Å². The van der Waals surface area contributed by atoms with Crippen molar-refractivity contribution in [2.45, 2.75) is 37.5 Å². The highest BCUT2D eigenvalue weighted by Crippen LogP contribution is 2.38. The van der Waals surface area contributed by atoms with E-state index in [-0.39, 0.29) is 5.91 Å². The van der Waals surface area contributed by atoms with Crippen molar-refractivity contribution in [3.8, 4) is 0 Å². The van der Waals surface area contributed by atoms with Crippen LogP contribution >= 0.6 is 11.6 Å². The van der Waals surface area contributed by atoms with Gasteiger partial charge >= 0.3 is 0 Å². The molecule has 1 N–H and O–H groups in total. The molecule has 0 saturated carbocycles. The molecule has 2 aliphatic heterocycles. The van der Waals surface area contributed by atoms with Gasteiger partial charge in [0.25, 0.3) is 0 Å². The lowest BCUT2D eigenvalue weighted by atomic mass is 9.78. The van der Waals surface area contributed by atoms with E-state index in [9.17, 15) is 4.79 Å². The second kappa shape index (κ2) is 7.82. The van der Waals surface area contributed by atoms with Gasteiger partial charge in [0.15, 0.2) is 0 Å². The van der Waals surface area contributed by atoms with E-state index in [0.29, 0.717) is 17.5 Å². The molecule has 2 fully saturated rings. The Hall–Kier alpha value is -2.18. The highest BCUT2D eigenvalue weighted by Gasteiger charge is 2.45. The molecular weight excluding hydrogens is 398 g/mol. The minimum Gasteiger partial charge on any atom is -0.353 e. The van der Waals surface area contributed by atoms with E-state index >= 15 is 0 Å². The zero-order valence-corrected chi connectivity index (χ0v) is 18.2. The Morgan fingerprint density at radius 1 is 1.17 bits per heavy atom. The van der Waals surface area contributed by atoms with Gasteiger partial charge in [-0.05, 0) is 49.4 Å². The third-order valence-electron chi connectivity index (χ3n) is 7.08. The maximum Gasteiger partial charge on any atom is 0.234 e. The van der Waals surface area contributed by atoms with Crippen molar-refractivity contribution < 1.29 is 4.79 Å². The summed E-state index contributed by atoms with van der Waals surface area (Å²) in [5, 5.41) is 4.11. The number of benzene rings is 1. The van der Waals surface area contributed by atoms with E-state index in [1.165, 1.54) is 11.3 Å². The number of halogens is 1. The summed E-state index contributed by atoms with van der Waals surface area (Å²) >= 11 is 6.09. The highest BCUT2D eigenvalue weighted by molar-refractivity contribution is 6.30. The molecule has 5 rings (SSSR count). The standard InChI is InChI=1S/C23H28ClN5O/c1-16-2-7-19-20(16)21(27-15-26-19)28-10-12-29(13-11-28)22(30)23(8-9-25-14-23)17-3-5-18(24)6-4-17/h3-6,15-16,25H,2,7-14H2,1H3. The van der Waals surface area contributed by atoms with E-state index in [1.807, 2.05) is 29.2 Å². The van der Waals surface area contributed by atoms with Crippen LogP contribution in [0.1, 0.15) is 42.5 Å². The van der Waals surface area contributed by atoms with E-state index < -0.39 is 5.41 Å². The topological polar surface area (TPSA) is 61.4 Å². The molecule has 1 aliphatic carbocycles. The summed E-state index contributed by atoms with van der Waals surface area (Å²) in [7, 11) is 0. The smallest absolute Gasteiger partial charge is 0.234 e. The maximum absolute atomic E-state index is 13.7. The minimum absolute atomic E-state index is 0.232. The number of aromatic nitrogens is 2. The van der Waals surface area contributed by atoms with Crippen molar-refractivity contribution in [2.24, 2.45) is 0 Å². The Morgan fingerprint density at radius 2 is 1.93 bits per heavy atom. The second-order valence-electron chi connectivity index (χ2n) is 8.79. The number of nitrogens with one attached hydrogen (secondary N) is 1. The third kappa shape index (κ3) is 3.26. The molecule has 2 saturated heterocycles. The molecule has 6 nitrogen and oxygen atoms in total. The number of nitrogens with zero attached hydrogens (tertiary/aromatic N) is 4. The molecule has 1 amide bonds. The van der Waals surface area contributed by atoms with Crippen LogP contribution in [0, 0.1) is 0 Å².